The second-order valence-corrected chi connectivity index (χ2v) is 8.86. The monoisotopic (exact) mass is 486 g/mol. The van der Waals surface area contributed by atoms with E-state index in [1.165, 1.54) is 6.07 Å². The first-order valence-corrected chi connectivity index (χ1v) is 11.6. The van der Waals surface area contributed by atoms with E-state index in [2.05, 4.69) is 48.4 Å². The lowest BCUT2D eigenvalue weighted by molar-refractivity contribution is 0.657. The van der Waals surface area contributed by atoms with E-state index >= 15 is 0 Å². The average molecular weight is 487 g/mol. The van der Waals surface area contributed by atoms with Crippen molar-refractivity contribution >= 4 is 33.4 Å². The van der Waals surface area contributed by atoms with Crippen molar-refractivity contribution in [3.63, 3.8) is 0 Å². The second-order valence-electron chi connectivity index (χ2n) is 7.83. The van der Waals surface area contributed by atoms with E-state index in [0.717, 1.165) is 73.7 Å². The lowest BCUT2D eigenvalue weighted by atomic mass is 10.1. The highest BCUT2D eigenvalue weighted by Crippen LogP contribution is 2.34. The van der Waals surface area contributed by atoms with E-state index in [-0.39, 0.29) is 12.6 Å². The van der Waals surface area contributed by atoms with E-state index in [0.29, 0.717) is 11.5 Å². The number of fused-ring (bicyclic) bond motifs is 2. The minimum atomic E-state index is -0.245. The summed E-state index contributed by atoms with van der Waals surface area (Å²) in [7, 11) is 0. The molecule has 35 heavy (non-hydrogen) atoms. The smallest absolute Gasteiger partial charge is 0.181 e. The Bertz CT molecular complexity index is 1630. The van der Waals surface area contributed by atoms with Gasteiger partial charge in [-0.25, -0.2) is 9.97 Å². The summed E-state index contributed by atoms with van der Waals surface area (Å²) < 4.78 is 13.6. The zero-order valence-electron chi connectivity index (χ0n) is 18.1. The van der Waals surface area contributed by atoms with Gasteiger partial charge in [-0.3, -0.25) is 15.1 Å². The molecule has 6 rings (SSSR count). The molecule has 0 bridgehead atoms. The van der Waals surface area contributed by atoms with Gasteiger partial charge >= 0.3 is 0 Å². The fourth-order valence-corrected chi connectivity index (χ4v) is 4.68. The third-order valence-corrected chi connectivity index (χ3v) is 6.49. The van der Waals surface area contributed by atoms with Crippen LogP contribution in [0.3, 0.4) is 0 Å². The molecule has 0 saturated heterocycles. The highest BCUT2D eigenvalue weighted by atomic mass is 32.1. The standard InChI is InChI=1S/C24H19FN8S.CH4/c1-2-26-7-13-5-14(9-27-8-13)15-6-16-22(32-33-23(16)29-10-15)24-30-18-12-28-11-17(21(18)31-24)19-3-4-20(25)34-19;/h3-6,8-12,26H,2,7H2,1H3,(H,30,31)(H,29,32,33);1H4. The first kappa shape index (κ1) is 22.8. The summed E-state index contributed by atoms with van der Waals surface area (Å²) in [6, 6.07) is 7.34. The van der Waals surface area contributed by atoms with Crippen LogP contribution >= 0.6 is 11.3 Å². The van der Waals surface area contributed by atoms with Crippen LogP contribution in [-0.4, -0.2) is 41.7 Å². The zero-order chi connectivity index (χ0) is 23.1. The van der Waals surface area contributed by atoms with Crippen molar-refractivity contribution in [2.75, 3.05) is 6.54 Å². The predicted molar refractivity (Wildman–Crippen MR) is 137 cm³/mol. The molecule has 0 aliphatic heterocycles. The Balaban J connectivity index is 0.00000253. The van der Waals surface area contributed by atoms with Gasteiger partial charge < -0.3 is 10.3 Å². The Morgan fingerprint density at radius 1 is 1.03 bits per heavy atom. The number of hydrogen-bond acceptors (Lipinski definition) is 7. The number of halogens is 1. The molecule has 0 saturated carbocycles. The van der Waals surface area contributed by atoms with E-state index in [1.54, 1.807) is 24.7 Å². The summed E-state index contributed by atoms with van der Waals surface area (Å²) in [5.41, 5.74) is 6.60. The number of thiophene rings is 1. The first-order valence-electron chi connectivity index (χ1n) is 10.8. The van der Waals surface area contributed by atoms with Gasteiger partial charge in [0, 0.05) is 52.9 Å². The molecule has 0 aromatic carbocycles. The minimum Gasteiger partial charge on any atom is -0.335 e. The summed E-state index contributed by atoms with van der Waals surface area (Å²) in [6.07, 6.45) is 8.91. The van der Waals surface area contributed by atoms with Crippen molar-refractivity contribution in [2.45, 2.75) is 20.9 Å². The molecule has 0 radical (unpaired) electrons. The normalized spacial score (nSPS) is 11.3. The van der Waals surface area contributed by atoms with Gasteiger partial charge in [-0.15, -0.1) is 11.3 Å². The number of aromatic amines is 2. The largest absolute Gasteiger partial charge is 0.335 e. The second kappa shape index (κ2) is 9.32. The molecule has 6 aromatic heterocycles. The molecule has 8 nitrogen and oxygen atoms in total. The summed E-state index contributed by atoms with van der Waals surface area (Å²) in [5.74, 6) is 0.613. The fourth-order valence-electron chi connectivity index (χ4n) is 3.94. The Morgan fingerprint density at radius 3 is 2.71 bits per heavy atom. The molecule has 0 aliphatic rings. The quantitative estimate of drug-likeness (QED) is 0.284. The lowest BCUT2D eigenvalue weighted by Crippen LogP contribution is -2.11. The summed E-state index contributed by atoms with van der Waals surface area (Å²) >= 11 is 1.07. The molecular formula is C25H23FN8S. The molecule has 0 fully saturated rings. The topological polar surface area (TPSA) is 108 Å². The third-order valence-electron chi connectivity index (χ3n) is 5.59. The van der Waals surface area contributed by atoms with Crippen LogP contribution in [0.25, 0.3) is 55.2 Å². The maximum atomic E-state index is 13.6. The summed E-state index contributed by atoms with van der Waals surface area (Å²) in [4.78, 5) is 22.1. The van der Waals surface area contributed by atoms with Gasteiger partial charge in [0.2, 0.25) is 0 Å². The number of nitrogens with one attached hydrogen (secondary N) is 3. The molecule has 0 amide bonds. The van der Waals surface area contributed by atoms with E-state index in [9.17, 15) is 4.39 Å². The Morgan fingerprint density at radius 2 is 1.89 bits per heavy atom. The number of hydrogen-bond donors (Lipinski definition) is 3. The van der Waals surface area contributed by atoms with Crippen LogP contribution in [0.1, 0.15) is 19.9 Å². The van der Waals surface area contributed by atoms with Crippen molar-refractivity contribution in [1.82, 2.24) is 40.4 Å². The number of imidazole rings is 1. The number of pyridine rings is 3. The van der Waals surface area contributed by atoms with Gasteiger partial charge in [-0.2, -0.15) is 9.49 Å². The Kier molecular flexibility index (Phi) is 6.06. The fraction of sp³-hybridized carbons (Fsp3) is 0.160. The van der Waals surface area contributed by atoms with Gasteiger partial charge in [-0.1, -0.05) is 14.4 Å². The molecule has 6 aromatic rings. The molecule has 10 heteroatoms. The molecule has 0 aliphatic carbocycles. The maximum Gasteiger partial charge on any atom is 0.181 e. The number of H-pyrrole nitrogens is 2. The summed E-state index contributed by atoms with van der Waals surface area (Å²) in [5, 5.41) is 11.3. The SMILES string of the molecule is C.CCNCc1cncc(-c2cnc3n[nH]c(-c4nc5c(-c6ccc(F)s6)cncc5[nH]4)c3c2)c1. The third kappa shape index (κ3) is 4.17. The van der Waals surface area contributed by atoms with Crippen LogP contribution in [0, 0.1) is 5.13 Å². The van der Waals surface area contributed by atoms with Crippen LogP contribution in [0.5, 0.6) is 0 Å². The van der Waals surface area contributed by atoms with Gasteiger partial charge in [0.1, 0.15) is 11.2 Å². The first-order chi connectivity index (χ1) is 16.7. The van der Waals surface area contributed by atoms with Gasteiger partial charge in [0.25, 0.3) is 0 Å². The average Bonchev–Trinajstić information content (AvgIpc) is 3.59. The summed E-state index contributed by atoms with van der Waals surface area (Å²) in [6.45, 7) is 3.73. The highest BCUT2D eigenvalue weighted by molar-refractivity contribution is 7.14. The van der Waals surface area contributed by atoms with Crippen molar-refractivity contribution in [1.29, 1.82) is 0 Å². The number of aromatic nitrogens is 7. The number of nitrogens with zero attached hydrogens (tertiary/aromatic N) is 5. The number of rotatable bonds is 6. The molecule has 176 valence electrons. The van der Waals surface area contributed by atoms with Crippen molar-refractivity contribution < 1.29 is 4.39 Å². The van der Waals surface area contributed by atoms with Crippen LogP contribution in [0.2, 0.25) is 0 Å². The zero-order valence-corrected chi connectivity index (χ0v) is 18.9. The van der Waals surface area contributed by atoms with E-state index in [1.807, 2.05) is 18.5 Å². The Labute approximate surface area is 204 Å². The van der Waals surface area contributed by atoms with Crippen molar-refractivity contribution in [2.24, 2.45) is 0 Å². The predicted octanol–water partition coefficient (Wildman–Crippen LogP) is 5.57. The molecular weight excluding hydrogens is 463 g/mol. The van der Waals surface area contributed by atoms with E-state index in [4.69, 9.17) is 4.98 Å². The lowest BCUT2D eigenvalue weighted by Gasteiger charge is -2.05. The van der Waals surface area contributed by atoms with E-state index < -0.39 is 0 Å². The molecule has 3 N–H and O–H groups in total. The van der Waals surface area contributed by atoms with Gasteiger partial charge in [0.05, 0.1) is 17.1 Å². The van der Waals surface area contributed by atoms with Crippen LogP contribution in [0.4, 0.5) is 4.39 Å². The molecule has 0 spiro atoms. The molecule has 0 atom stereocenters. The molecule has 6 heterocycles. The van der Waals surface area contributed by atoms with Gasteiger partial charge in [-0.05, 0) is 36.4 Å². The maximum absolute atomic E-state index is 13.6. The Hall–Kier alpha value is -4.02. The van der Waals surface area contributed by atoms with Gasteiger partial charge in [0.15, 0.2) is 16.6 Å². The minimum absolute atomic E-state index is 0. The molecule has 0 unspecified atom stereocenters. The highest BCUT2D eigenvalue weighted by Gasteiger charge is 2.17. The van der Waals surface area contributed by atoms with Crippen molar-refractivity contribution in [3.8, 4) is 33.1 Å². The van der Waals surface area contributed by atoms with Crippen LogP contribution in [-0.2, 0) is 6.54 Å². The van der Waals surface area contributed by atoms with Crippen LogP contribution < -0.4 is 5.32 Å². The van der Waals surface area contributed by atoms with Crippen LogP contribution in [0.15, 0.2) is 55.2 Å². The van der Waals surface area contributed by atoms with Crippen molar-refractivity contribution in [3.05, 3.63) is 65.9 Å².